The van der Waals surface area contributed by atoms with Crippen molar-refractivity contribution in [1.29, 1.82) is 0 Å². The first-order valence-corrected chi connectivity index (χ1v) is 7.06. The van der Waals surface area contributed by atoms with Gasteiger partial charge in [0.2, 0.25) is 0 Å². The molecule has 1 heterocycles. The summed E-state index contributed by atoms with van der Waals surface area (Å²) in [5.74, 6) is -0.300. The number of hydrogen-bond acceptors (Lipinski definition) is 5. The Morgan fingerprint density at radius 2 is 2.08 bits per heavy atom. The maximum atomic E-state index is 14.0. The molecule has 8 heteroatoms. The average molecular weight is 327 g/mol. The number of ether oxygens (including phenoxy) is 1. The van der Waals surface area contributed by atoms with Crippen LogP contribution in [0.1, 0.15) is 10.4 Å². The molecule has 2 aromatic carbocycles. The third kappa shape index (κ3) is 3.07. The lowest BCUT2D eigenvalue weighted by atomic mass is 10.1. The van der Waals surface area contributed by atoms with Gasteiger partial charge in [0.1, 0.15) is 11.6 Å². The predicted molar refractivity (Wildman–Crippen MR) is 85.1 cm³/mol. The van der Waals surface area contributed by atoms with Crippen LogP contribution in [-0.4, -0.2) is 33.2 Å². The number of anilines is 1. The summed E-state index contributed by atoms with van der Waals surface area (Å²) in [6.07, 6.45) is 0. The maximum Gasteiger partial charge on any atom is 0.258 e. The SMILES string of the molecule is COc1ccc(C(=O)Nc2cccc(-c3nnnn3C)c2)c(F)c1. The van der Waals surface area contributed by atoms with Gasteiger partial charge in [-0.05, 0) is 34.7 Å². The summed E-state index contributed by atoms with van der Waals surface area (Å²) in [7, 11) is 3.15. The number of methoxy groups -OCH3 is 1. The molecule has 0 fully saturated rings. The zero-order valence-electron chi connectivity index (χ0n) is 13.0. The first kappa shape index (κ1) is 15.6. The molecule has 3 aromatic rings. The van der Waals surface area contributed by atoms with Crippen LogP contribution in [0.5, 0.6) is 5.75 Å². The van der Waals surface area contributed by atoms with Crippen molar-refractivity contribution >= 4 is 11.6 Å². The van der Waals surface area contributed by atoms with E-state index in [1.54, 1.807) is 25.2 Å². The summed E-state index contributed by atoms with van der Waals surface area (Å²) in [6, 6.07) is 11.0. The molecule has 0 aliphatic carbocycles. The number of amides is 1. The van der Waals surface area contributed by atoms with Crippen LogP contribution in [0.25, 0.3) is 11.4 Å². The number of benzene rings is 2. The van der Waals surface area contributed by atoms with Crippen molar-refractivity contribution in [2.75, 3.05) is 12.4 Å². The van der Waals surface area contributed by atoms with Crippen molar-refractivity contribution < 1.29 is 13.9 Å². The summed E-state index contributed by atoms with van der Waals surface area (Å²) in [5, 5.41) is 13.9. The molecule has 1 aromatic heterocycles. The fraction of sp³-hybridized carbons (Fsp3) is 0.125. The van der Waals surface area contributed by atoms with Crippen molar-refractivity contribution in [3.8, 4) is 17.1 Å². The van der Waals surface area contributed by atoms with Gasteiger partial charge in [-0.25, -0.2) is 9.07 Å². The van der Waals surface area contributed by atoms with Crippen LogP contribution in [0, 0.1) is 5.82 Å². The smallest absolute Gasteiger partial charge is 0.258 e. The molecule has 0 saturated heterocycles. The largest absolute Gasteiger partial charge is 0.497 e. The minimum absolute atomic E-state index is 0.0680. The van der Waals surface area contributed by atoms with Gasteiger partial charge in [0.15, 0.2) is 5.82 Å². The van der Waals surface area contributed by atoms with E-state index in [-0.39, 0.29) is 5.56 Å². The Bertz CT molecular complexity index is 894. The highest BCUT2D eigenvalue weighted by atomic mass is 19.1. The Hall–Kier alpha value is -3.29. The summed E-state index contributed by atoms with van der Waals surface area (Å²) < 4.78 is 20.4. The third-order valence-electron chi connectivity index (χ3n) is 3.42. The normalized spacial score (nSPS) is 10.5. The number of tetrazole rings is 1. The zero-order valence-corrected chi connectivity index (χ0v) is 13.0. The van der Waals surface area contributed by atoms with Crippen LogP contribution < -0.4 is 10.1 Å². The quantitative estimate of drug-likeness (QED) is 0.795. The van der Waals surface area contributed by atoms with E-state index in [2.05, 4.69) is 20.8 Å². The van der Waals surface area contributed by atoms with Crippen molar-refractivity contribution in [3.63, 3.8) is 0 Å². The summed E-state index contributed by atoms with van der Waals surface area (Å²) in [4.78, 5) is 12.3. The fourth-order valence-electron chi connectivity index (χ4n) is 2.22. The lowest BCUT2D eigenvalue weighted by Crippen LogP contribution is -2.13. The number of hydrogen-bond donors (Lipinski definition) is 1. The van der Waals surface area contributed by atoms with Crippen LogP contribution in [0.15, 0.2) is 42.5 Å². The number of aryl methyl sites for hydroxylation is 1. The van der Waals surface area contributed by atoms with Crippen molar-refractivity contribution in [2.24, 2.45) is 7.05 Å². The minimum Gasteiger partial charge on any atom is -0.497 e. The van der Waals surface area contributed by atoms with E-state index in [1.807, 2.05) is 6.07 Å². The fourth-order valence-corrected chi connectivity index (χ4v) is 2.22. The van der Waals surface area contributed by atoms with Gasteiger partial charge in [-0.3, -0.25) is 4.79 Å². The maximum absolute atomic E-state index is 14.0. The van der Waals surface area contributed by atoms with E-state index >= 15 is 0 Å². The van der Waals surface area contributed by atoms with Gasteiger partial charge in [-0.15, -0.1) is 5.10 Å². The Kier molecular flexibility index (Phi) is 4.19. The molecule has 1 N–H and O–H groups in total. The highest BCUT2D eigenvalue weighted by Crippen LogP contribution is 2.21. The van der Waals surface area contributed by atoms with Crippen LogP contribution in [0.4, 0.5) is 10.1 Å². The van der Waals surface area contributed by atoms with Gasteiger partial charge in [0.25, 0.3) is 5.91 Å². The molecule has 0 aliphatic heterocycles. The van der Waals surface area contributed by atoms with Crippen LogP contribution in [0.3, 0.4) is 0 Å². The van der Waals surface area contributed by atoms with Gasteiger partial charge >= 0.3 is 0 Å². The zero-order chi connectivity index (χ0) is 17.1. The van der Waals surface area contributed by atoms with Gasteiger partial charge in [0, 0.05) is 24.4 Å². The molecule has 0 radical (unpaired) electrons. The number of halogens is 1. The van der Waals surface area contributed by atoms with E-state index in [4.69, 9.17) is 4.74 Å². The monoisotopic (exact) mass is 327 g/mol. The summed E-state index contributed by atoms with van der Waals surface area (Å²) in [5.41, 5.74) is 1.17. The van der Waals surface area contributed by atoms with E-state index in [9.17, 15) is 9.18 Å². The molecular weight excluding hydrogens is 313 g/mol. The average Bonchev–Trinajstić information content (AvgIpc) is 3.01. The lowest BCUT2D eigenvalue weighted by Gasteiger charge is -2.08. The topological polar surface area (TPSA) is 81.9 Å². The number of nitrogens with zero attached hydrogens (tertiary/aromatic N) is 4. The molecule has 0 bridgehead atoms. The summed E-state index contributed by atoms with van der Waals surface area (Å²) >= 11 is 0. The second-order valence-corrected chi connectivity index (χ2v) is 5.01. The van der Waals surface area contributed by atoms with E-state index < -0.39 is 11.7 Å². The van der Waals surface area contributed by atoms with E-state index in [0.29, 0.717) is 17.3 Å². The first-order valence-electron chi connectivity index (χ1n) is 7.06. The van der Waals surface area contributed by atoms with Crippen LogP contribution >= 0.6 is 0 Å². The number of aromatic nitrogens is 4. The molecule has 3 rings (SSSR count). The highest BCUT2D eigenvalue weighted by Gasteiger charge is 2.14. The van der Waals surface area contributed by atoms with Gasteiger partial charge in [-0.2, -0.15) is 0 Å². The third-order valence-corrected chi connectivity index (χ3v) is 3.42. The molecular formula is C16H14FN5O2. The van der Waals surface area contributed by atoms with Crippen molar-refractivity contribution in [3.05, 3.63) is 53.8 Å². The number of carbonyl (C=O) groups excluding carboxylic acids is 1. The first-order chi connectivity index (χ1) is 11.6. The predicted octanol–water partition coefficient (Wildman–Crippen LogP) is 2.28. The van der Waals surface area contributed by atoms with Crippen LogP contribution in [-0.2, 0) is 7.05 Å². The lowest BCUT2D eigenvalue weighted by molar-refractivity contribution is 0.102. The number of nitrogens with one attached hydrogen (secondary N) is 1. The molecule has 0 saturated carbocycles. The molecule has 7 nitrogen and oxygen atoms in total. The second kappa shape index (κ2) is 6.45. The minimum atomic E-state index is -0.652. The molecule has 122 valence electrons. The van der Waals surface area contributed by atoms with Gasteiger partial charge < -0.3 is 10.1 Å². The van der Waals surface area contributed by atoms with Crippen LogP contribution in [0.2, 0.25) is 0 Å². The number of rotatable bonds is 4. The Balaban J connectivity index is 1.84. The molecule has 0 aliphatic rings. The Labute approximate surface area is 137 Å². The second-order valence-electron chi connectivity index (χ2n) is 5.01. The van der Waals surface area contributed by atoms with Gasteiger partial charge in [0.05, 0.1) is 12.7 Å². The molecule has 24 heavy (non-hydrogen) atoms. The van der Waals surface area contributed by atoms with Gasteiger partial charge in [-0.1, -0.05) is 12.1 Å². The number of carbonyl (C=O) groups is 1. The Morgan fingerprint density at radius 3 is 2.75 bits per heavy atom. The Morgan fingerprint density at radius 1 is 1.25 bits per heavy atom. The summed E-state index contributed by atoms with van der Waals surface area (Å²) in [6.45, 7) is 0. The molecule has 0 unspecified atom stereocenters. The van der Waals surface area contributed by atoms with Crippen molar-refractivity contribution in [1.82, 2.24) is 20.2 Å². The van der Waals surface area contributed by atoms with Crippen molar-refractivity contribution in [2.45, 2.75) is 0 Å². The molecule has 0 atom stereocenters. The highest BCUT2D eigenvalue weighted by molar-refractivity contribution is 6.04. The molecule has 0 spiro atoms. The van der Waals surface area contributed by atoms with E-state index in [1.165, 1.54) is 23.9 Å². The molecule has 1 amide bonds. The standard InChI is InChI=1S/C16H14FN5O2/c1-22-15(19-20-21-22)10-4-3-5-11(8-10)18-16(23)13-7-6-12(24-2)9-14(13)17/h3-9H,1-2H3,(H,18,23). The van der Waals surface area contributed by atoms with E-state index in [0.717, 1.165) is 11.6 Å².